The first kappa shape index (κ1) is 18.7. The van der Waals surface area contributed by atoms with Gasteiger partial charge in [-0.25, -0.2) is 0 Å². The number of rotatable bonds is 3. The highest BCUT2D eigenvalue weighted by Crippen LogP contribution is 2.32. The maximum absolute atomic E-state index is 6.04. The summed E-state index contributed by atoms with van der Waals surface area (Å²) in [5.74, 6) is 0. The Kier molecular flexibility index (Phi) is 6.24. The predicted molar refractivity (Wildman–Crippen MR) is 100.0 cm³/mol. The van der Waals surface area contributed by atoms with Gasteiger partial charge in [0.2, 0.25) is 0 Å². The molecule has 1 aliphatic heterocycles. The van der Waals surface area contributed by atoms with Crippen molar-refractivity contribution in [1.29, 1.82) is 0 Å². The molecule has 24 heavy (non-hydrogen) atoms. The molecule has 3 rings (SSSR count). The summed E-state index contributed by atoms with van der Waals surface area (Å²) in [5.41, 5.74) is 7.05. The lowest BCUT2D eigenvalue weighted by Gasteiger charge is -2.11. The van der Waals surface area contributed by atoms with E-state index >= 15 is 0 Å². The van der Waals surface area contributed by atoms with Gasteiger partial charge in [0.25, 0.3) is 6.01 Å². The largest absolute Gasteiger partial charge is 0.423 e. The van der Waals surface area contributed by atoms with E-state index in [1.807, 2.05) is 13.8 Å². The minimum Gasteiger partial charge on any atom is -0.423 e. The number of benzene rings is 1. The zero-order valence-corrected chi connectivity index (χ0v) is 16.2. The van der Waals surface area contributed by atoms with Crippen molar-refractivity contribution in [1.82, 2.24) is 9.88 Å². The molecule has 0 amide bonds. The molecule has 2 aromatic rings. The van der Waals surface area contributed by atoms with Gasteiger partial charge in [0.15, 0.2) is 5.58 Å². The molecular formula is C19H31N3O2. The fourth-order valence-electron chi connectivity index (χ4n) is 2.95. The molecule has 0 N–H and O–H groups in total. The standard InChI is InChI=1S/C15H21N3O.C4H10O/c1-9-10(2)12(4)14-13(11(9)3)16-15(19-14)18-7-6-17(5)8-18;1-3-5-4-2/h6-8H2,1-5H3;3-4H2,1-2H3. The molecule has 0 saturated carbocycles. The quantitative estimate of drug-likeness (QED) is 0.854. The molecule has 5 heteroatoms. The van der Waals surface area contributed by atoms with Crippen LogP contribution in [0.2, 0.25) is 0 Å². The van der Waals surface area contributed by atoms with Crippen LogP contribution in [0, 0.1) is 27.7 Å². The van der Waals surface area contributed by atoms with Gasteiger partial charge in [0.05, 0.1) is 6.67 Å². The zero-order chi connectivity index (χ0) is 17.9. The third kappa shape index (κ3) is 3.73. The third-order valence-corrected chi connectivity index (χ3v) is 4.84. The molecule has 0 unspecified atom stereocenters. The number of nitrogens with zero attached hydrogens (tertiary/aromatic N) is 3. The second kappa shape index (κ2) is 7.99. The minimum atomic E-state index is 0.760. The molecule has 0 atom stereocenters. The van der Waals surface area contributed by atoms with Gasteiger partial charge in [-0.1, -0.05) is 0 Å². The van der Waals surface area contributed by atoms with Gasteiger partial charge in [-0.05, 0) is 70.8 Å². The van der Waals surface area contributed by atoms with E-state index in [-0.39, 0.29) is 0 Å². The van der Waals surface area contributed by atoms with E-state index in [2.05, 4.69) is 44.5 Å². The van der Waals surface area contributed by atoms with Crippen LogP contribution in [0.25, 0.3) is 11.1 Å². The summed E-state index contributed by atoms with van der Waals surface area (Å²) in [6.45, 7) is 17.2. The second-order valence-electron chi connectivity index (χ2n) is 6.44. The number of hydrogen-bond donors (Lipinski definition) is 0. The number of fused-ring (bicyclic) bond motifs is 1. The van der Waals surface area contributed by atoms with Crippen LogP contribution in [0.1, 0.15) is 36.1 Å². The highest BCUT2D eigenvalue weighted by Gasteiger charge is 2.23. The number of likely N-dealkylation sites (N-methyl/N-ethyl adjacent to an activating group) is 1. The second-order valence-corrected chi connectivity index (χ2v) is 6.44. The SMILES string of the molecule is CCOCC.Cc1c(C)c(C)c2oc(N3CCN(C)C3)nc2c1C. The number of aryl methyl sites for hydroxylation is 2. The summed E-state index contributed by atoms with van der Waals surface area (Å²) in [7, 11) is 2.12. The monoisotopic (exact) mass is 333 g/mol. The van der Waals surface area contributed by atoms with Gasteiger partial charge < -0.3 is 14.1 Å². The van der Waals surface area contributed by atoms with Crippen LogP contribution in [-0.4, -0.2) is 49.9 Å². The first-order valence-corrected chi connectivity index (χ1v) is 8.78. The number of aromatic nitrogens is 1. The number of anilines is 1. The summed E-state index contributed by atoms with van der Waals surface area (Å²) < 4.78 is 10.9. The summed E-state index contributed by atoms with van der Waals surface area (Å²) in [5, 5.41) is 0. The van der Waals surface area contributed by atoms with Crippen molar-refractivity contribution in [2.24, 2.45) is 0 Å². The van der Waals surface area contributed by atoms with Crippen molar-refractivity contribution >= 4 is 17.1 Å². The first-order chi connectivity index (χ1) is 11.4. The molecule has 1 saturated heterocycles. The predicted octanol–water partition coefficient (Wildman–Crippen LogP) is 3.81. The van der Waals surface area contributed by atoms with E-state index in [0.717, 1.165) is 50.1 Å². The Bertz CT molecular complexity index is 647. The molecule has 0 radical (unpaired) electrons. The van der Waals surface area contributed by atoms with Crippen molar-refractivity contribution in [3.63, 3.8) is 0 Å². The highest BCUT2D eigenvalue weighted by atomic mass is 16.5. The van der Waals surface area contributed by atoms with Gasteiger partial charge >= 0.3 is 0 Å². The Hall–Kier alpha value is -1.59. The lowest BCUT2D eigenvalue weighted by Crippen LogP contribution is -2.22. The van der Waals surface area contributed by atoms with Crippen LogP contribution in [-0.2, 0) is 4.74 Å². The van der Waals surface area contributed by atoms with Crippen LogP contribution < -0.4 is 4.90 Å². The Labute approximate surface area is 145 Å². The molecule has 5 nitrogen and oxygen atoms in total. The maximum atomic E-state index is 6.04. The molecule has 1 aliphatic rings. The van der Waals surface area contributed by atoms with E-state index in [1.54, 1.807) is 0 Å². The van der Waals surface area contributed by atoms with E-state index in [0.29, 0.717) is 0 Å². The molecular weight excluding hydrogens is 302 g/mol. The van der Waals surface area contributed by atoms with Crippen LogP contribution >= 0.6 is 0 Å². The van der Waals surface area contributed by atoms with Crippen LogP contribution in [0.5, 0.6) is 0 Å². The number of ether oxygens (including phenoxy) is 1. The van der Waals surface area contributed by atoms with E-state index in [9.17, 15) is 0 Å². The average Bonchev–Trinajstić information content (AvgIpc) is 3.19. The zero-order valence-electron chi connectivity index (χ0n) is 16.2. The summed E-state index contributed by atoms with van der Waals surface area (Å²) in [4.78, 5) is 9.19. The van der Waals surface area contributed by atoms with Gasteiger partial charge in [-0.15, -0.1) is 0 Å². The summed E-state index contributed by atoms with van der Waals surface area (Å²) >= 11 is 0. The highest BCUT2D eigenvalue weighted by molar-refractivity contribution is 5.84. The fourth-order valence-corrected chi connectivity index (χ4v) is 2.95. The van der Waals surface area contributed by atoms with Crippen molar-refractivity contribution < 1.29 is 9.15 Å². The molecule has 2 heterocycles. The lowest BCUT2D eigenvalue weighted by atomic mass is 9.98. The summed E-state index contributed by atoms with van der Waals surface area (Å²) in [6, 6.07) is 0.760. The van der Waals surface area contributed by atoms with Crippen LogP contribution in [0.15, 0.2) is 4.42 Å². The van der Waals surface area contributed by atoms with Gasteiger partial charge in [0, 0.05) is 26.3 Å². The Balaban J connectivity index is 0.000000368. The molecule has 1 aromatic carbocycles. The van der Waals surface area contributed by atoms with Crippen LogP contribution in [0.4, 0.5) is 6.01 Å². The molecule has 134 valence electrons. The Morgan fingerprint density at radius 2 is 1.58 bits per heavy atom. The summed E-state index contributed by atoms with van der Waals surface area (Å²) in [6.07, 6.45) is 0. The minimum absolute atomic E-state index is 0.760. The van der Waals surface area contributed by atoms with Crippen molar-refractivity contribution in [2.75, 3.05) is 44.9 Å². The van der Waals surface area contributed by atoms with Gasteiger partial charge in [-0.3, -0.25) is 4.90 Å². The topological polar surface area (TPSA) is 41.7 Å². The number of oxazole rings is 1. The lowest BCUT2D eigenvalue weighted by molar-refractivity contribution is 0.162. The van der Waals surface area contributed by atoms with Crippen molar-refractivity contribution in [2.45, 2.75) is 41.5 Å². The maximum Gasteiger partial charge on any atom is 0.299 e. The Morgan fingerprint density at radius 1 is 0.958 bits per heavy atom. The third-order valence-electron chi connectivity index (χ3n) is 4.84. The van der Waals surface area contributed by atoms with Gasteiger partial charge in [-0.2, -0.15) is 4.98 Å². The van der Waals surface area contributed by atoms with E-state index in [4.69, 9.17) is 14.1 Å². The van der Waals surface area contributed by atoms with Crippen molar-refractivity contribution in [3.8, 4) is 0 Å². The van der Waals surface area contributed by atoms with E-state index in [1.165, 1.54) is 22.3 Å². The molecule has 0 bridgehead atoms. The normalized spacial score (nSPS) is 15.0. The average molecular weight is 333 g/mol. The van der Waals surface area contributed by atoms with E-state index < -0.39 is 0 Å². The first-order valence-electron chi connectivity index (χ1n) is 8.78. The van der Waals surface area contributed by atoms with Crippen molar-refractivity contribution in [3.05, 3.63) is 22.3 Å². The smallest absolute Gasteiger partial charge is 0.299 e. The molecule has 0 spiro atoms. The molecule has 0 aliphatic carbocycles. The van der Waals surface area contributed by atoms with Gasteiger partial charge in [0.1, 0.15) is 5.52 Å². The van der Waals surface area contributed by atoms with Crippen LogP contribution in [0.3, 0.4) is 0 Å². The fraction of sp³-hybridized carbons (Fsp3) is 0.632. The number of hydrogen-bond acceptors (Lipinski definition) is 5. The molecule has 1 fully saturated rings. The Morgan fingerprint density at radius 3 is 2.08 bits per heavy atom. The molecule has 1 aromatic heterocycles.